The van der Waals surface area contributed by atoms with Crippen molar-refractivity contribution in [3.05, 3.63) is 59.7 Å². The lowest BCUT2D eigenvalue weighted by atomic mass is 10.0. The molecule has 0 heterocycles. The fourth-order valence-corrected chi connectivity index (χ4v) is 2.57. The molecule has 2 aromatic rings. The smallest absolute Gasteiger partial charge is 0.344 e. The van der Waals surface area contributed by atoms with Crippen LogP contribution in [0, 0.1) is 0 Å². The van der Waals surface area contributed by atoms with Crippen molar-refractivity contribution in [2.24, 2.45) is 16.5 Å². The van der Waals surface area contributed by atoms with Gasteiger partial charge in [-0.15, -0.1) is 0 Å². The Hall–Kier alpha value is -3.88. The minimum absolute atomic E-state index is 0.0802. The molecule has 0 aliphatic heterocycles. The van der Waals surface area contributed by atoms with E-state index in [1.54, 1.807) is 76.2 Å². The summed E-state index contributed by atoms with van der Waals surface area (Å²) in [7, 11) is 0. The minimum Gasteiger partial charge on any atom is -0.457 e. The monoisotopic (exact) mass is 441 g/mol. The van der Waals surface area contributed by atoms with E-state index in [0.717, 1.165) is 0 Å². The Morgan fingerprint density at radius 2 is 1.56 bits per heavy atom. The fourth-order valence-electron chi connectivity index (χ4n) is 2.57. The van der Waals surface area contributed by atoms with E-state index in [0.29, 0.717) is 22.6 Å². The van der Waals surface area contributed by atoms with Crippen LogP contribution in [-0.4, -0.2) is 36.1 Å². The van der Waals surface area contributed by atoms with Gasteiger partial charge in [0.25, 0.3) is 0 Å². The number of aliphatic imine (C=N–C) groups is 1. The van der Waals surface area contributed by atoms with E-state index in [1.165, 1.54) is 0 Å². The van der Waals surface area contributed by atoms with Crippen molar-refractivity contribution in [2.75, 3.05) is 6.61 Å². The Kier molecular flexibility index (Phi) is 7.95. The maximum atomic E-state index is 12.3. The summed E-state index contributed by atoms with van der Waals surface area (Å²) in [6.45, 7) is 6.37. The highest BCUT2D eigenvalue weighted by Gasteiger charge is 2.21. The van der Waals surface area contributed by atoms with Crippen LogP contribution in [0.1, 0.15) is 49.5 Å². The SMILES string of the molecule is CC(C(=O)OCC(=O)OC(C)(C)C)c1ccc(OC(=O)c2ccc(N=C(N)N)cc2)cc1. The average molecular weight is 441 g/mol. The molecule has 9 heteroatoms. The molecule has 1 unspecified atom stereocenters. The van der Waals surface area contributed by atoms with Crippen LogP contribution in [0.3, 0.4) is 0 Å². The second-order valence-electron chi connectivity index (χ2n) is 7.96. The van der Waals surface area contributed by atoms with Crippen molar-refractivity contribution in [1.82, 2.24) is 0 Å². The molecular formula is C23H27N3O6. The molecular weight excluding hydrogens is 414 g/mol. The Labute approximate surface area is 186 Å². The van der Waals surface area contributed by atoms with Crippen LogP contribution in [0.2, 0.25) is 0 Å². The van der Waals surface area contributed by atoms with Crippen LogP contribution in [0.15, 0.2) is 53.5 Å². The van der Waals surface area contributed by atoms with Gasteiger partial charge in [-0.25, -0.2) is 14.6 Å². The molecule has 170 valence electrons. The second-order valence-corrected chi connectivity index (χ2v) is 7.96. The molecule has 0 radical (unpaired) electrons. The Balaban J connectivity index is 1.93. The maximum absolute atomic E-state index is 12.3. The number of benzene rings is 2. The number of hydrogen-bond acceptors (Lipinski definition) is 7. The molecule has 2 aromatic carbocycles. The Morgan fingerprint density at radius 3 is 2.09 bits per heavy atom. The second kappa shape index (κ2) is 10.4. The zero-order valence-corrected chi connectivity index (χ0v) is 18.5. The average Bonchev–Trinajstić information content (AvgIpc) is 2.71. The van der Waals surface area contributed by atoms with Gasteiger partial charge >= 0.3 is 17.9 Å². The van der Waals surface area contributed by atoms with E-state index in [9.17, 15) is 14.4 Å². The normalized spacial score (nSPS) is 11.8. The standard InChI is InChI=1S/C23H27N3O6/c1-14(20(28)30-13-19(27)32-23(2,3)4)15-7-11-18(12-8-15)31-21(29)16-5-9-17(10-6-16)26-22(24)25/h5-12,14H,13H2,1-4H3,(H4,24,25,26). The summed E-state index contributed by atoms with van der Waals surface area (Å²) in [5.41, 5.74) is 11.4. The summed E-state index contributed by atoms with van der Waals surface area (Å²) in [5.74, 6) is -2.14. The highest BCUT2D eigenvalue weighted by molar-refractivity contribution is 5.91. The van der Waals surface area contributed by atoms with Crippen molar-refractivity contribution >= 4 is 29.6 Å². The van der Waals surface area contributed by atoms with Crippen LogP contribution in [0.4, 0.5) is 5.69 Å². The first-order chi connectivity index (χ1) is 14.9. The highest BCUT2D eigenvalue weighted by atomic mass is 16.6. The van der Waals surface area contributed by atoms with Gasteiger partial charge in [-0.2, -0.15) is 0 Å². The van der Waals surface area contributed by atoms with Gasteiger partial charge in [0.2, 0.25) is 0 Å². The minimum atomic E-state index is -0.656. The van der Waals surface area contributed by atoms with E-state index in [4.69, 9.17) is 25.7 Å². The van der Waals surface area contributed by atoms with Crippen LogP contribution >= 0.6 is 0 Å². The lowest BCUT2D eigenvalue weighted by Crippen LogP contribution is -2.28. The number of nitrogens with two attached hydrogens (primary N) is 2. The number of nitrogens with zero attached hydrogens (tertiary/aromatic N) is 1. The topological polar surface area (TPSA) is 143 Å². The van der Waals surface area contributed by atoms with Crippen molar-refractivity contribution < 1.29 is 28.6 Å². The van der Waals surface area contributed by atoms with Crippen LogP contribution in [0.5, 0.6) is 5.75 Å². The number of carbonyl (C=O) groups is 3. The van der Waals surface area contributed by atoms with Gasteiger partial charge in [0.1, 0.15) is 11.4 Å². The van der Waals surface area contributed by atoms with Gasteiger partial charge in [0, 0.05) is 0 Å². The van der Waals surface area contributed by atoms with Crippen molar-refractivity contribution in [3.63, 3.8) is 0 Å². The van der Waals surface area contributed by atoms with Gasteiger partial charge in [-0.3, -0.25) is 4.79 Å². The van der Waals surface area contributed by atoms with Gasteiger partial charge < -0.3 is 25.7 Å². The molecule has 0 spiro atoms. The summed E-state index contributed by atoms with van der Waals surface area (Å²) >= 11 is 0. The molecule has 0 saturated heterocycles. The van der Waals surface area contributed by atoms with Crippen molar-refractivity contribution in [2.45, 2.75) is 39.2 Å². The fraction of sp³-hybridized carbons (Fsp3) is 0.304. The van der Waals surface area contributed by atoms with Crippen molar-refractivity contribution in [3.8, 4) is 5.75 Å². The molecule has 0 aromatic heterocycles. The molecule has 4 N–H and O–H groups in total. The first-order valence-corrected chi connectivity index (χ1v) is 9.85. The number of carbonyl (C=O) groups excluding carboxylic acids is 3. The van der Waals surface area contributed by atoms with Gasteiger partial charge in [-0.05, 0) is 69.7 Å². The van der Waals surface area contributed by atoms with Crippen LogP contribution < -0.4 is 16.2 Å². The lowest BCUT2D eigenvalue weighted by Gasteiger charge is -2.19. The third kappa shape index (κ3) is 7.75. The summed E-state index contributed by atoms with van der Waals surface area (Å²) in [6, 6.07) is 12.7. The largest absolute Gasteiger partial charge is 0.457 e. The third-order valence-corrected chi connectivity index (χ3v) is 4.06. The van der Waals surface area contributed by atoms with E-state index < -0.39 is 36.0 Å². The molecule has 0 bridgehead atoms. The number of esters is 3. The van der Waals surface area contributed by atoms with Gasteiger partial charge in [0.15, 0.2) is 12.6 Å². The zero-order valence-electron chi connectivity index (χ0n) is 18.5. The lowest BCUT2D eigenvalue weighted by molar-refractivity contribution is -0.167. The predicted octanol–water partition coefficient (Wildman–Crippen LogP) is 2.80. The molecule has 1 atom stereocenters. The van der Waals surface area contributed by atoms with E-state index >= 15 is 0 Å². The van der Waals surface area contributed by atoms with Gasteiger partial charge in [0.05, 0.1) is 17.2 Å². The quantitative estimate of drug-likeness (QED) is 0.289. The molecule has 2 rings (SSSR count). The maximum Gasteiger partial charge on any atom is 0.344 e. The molecule has 0 fully saturated rings. The summed E-state index contributed by atoms with van der Waals surface area (Å²) in [6.07, 6.45) is 0. The van der Waals surface area contributed by atoms with Crippen LogP contribution in [0.25, 0.3) is 0 Å². The molecule has 0 saturated carbocycles. The van der Waals surface area contributed by atoms with E-state index in [-0.39, 0.29) is 5.96 Å². The predicted molar refractivity (Wildman–Crippen MR) is 119 cm³/mol. The van der Waals surface area contributed by atoms with E-state index in [2.05, 4.69) is 4.99 Å². The number of guanidine groups is 1. The summed E-state index contributed by atoms with van der Waals surface area (Å²) < 4.78 is 15.5. The molecule has 0 aliphatic carbocycles. The molecule has 0 aliphatic rings. The molecule has 0 amide bonds. The first kappa shape index (κ1) is 24.4. The van der Waals surface area contributed by atoms with Crippen molar-refractivity contribution in [1.29, 1.82) is 0 Å². The van der Waals surface area contributed by atoms with Gasteiger partial charge in [-0.1, -0.05) is 12.1 Å². The summed E-state index contributed by atoms with van der Waals surface area (Å²) in [5, 5.41) is 0. The zero-order chi connectivity index (χ0) is 23.9. The molecule has 9 nitrogen and oxygen atoms in total. The van der Waals surface area contributed by atoms with Crippen LogP contribution in [-0.2, 0) is 19.1 Å². The van der Waals surface area contributed by atoms with E-state index in [1.807, 2.05) is 0 Å². The third-order valence-electron chi connectivity index (χ3n) is 4.06. The number of hydrogen-bond donors (Lipinski definition) is 2. The Morgan fingerprint density at radius 1 is 0.969 bits per heavy atom. The number of rotatable bonds is 7. The number of ether oxygens (including phenoxy) is 3. The Bertz CT molecular complexity index is 988. The first-order valence-electron chi connectivity index (χ1n) is 9.85. The summed E-state index contributed by atoms with van der Waals surface area (Å²) in [4.78, 5) is 40.1. The molecule has 32 heavy (non-hydrogen) atoms. The highest BCUT2D eigenvalue weighted by Crippen LogP contribution is 2.22.